The summed E-state index contributed by atoms with van der Waals surface area (Å²) in [6.45, 7) is 4.37. The molecule has 0 bridgehead atoms. The summed E-state index contributed by atoms with van der Waals surface area (Å²) in [6, 6.07) is 8.49. The van der Waals surface area contributed by atoms with Crippen molar-refractivity contribution in [3.8, 4) is 5.75 Å². The van der Waals surface area contributed by atoms with Gasteiger partial charge in [0.2, 0.25) is 5.78 Å². The van der Waals surface area contributed by atoms with Gasteiger partial charge in [-0.3, -0.25) is 14.2 Å². The second kappa shape index (κ2) is 7.91. The molecule has 9 heteroatoms. The topological polar surface area (TPSA) is 87.6 Å². The number of hydrogen-bond acceptors (Lipinski definition) is 6. The minimum absolute atomic E-state index is 0.163. The molecule has 0 saturated heterocycles. The van der Waals surface area contributed by atoms with Crippen LogP contribution in [0.4, 0.5) is 0 Å². The van der Waals surface area contributed by atoms with Gasteiger partial charge in [0.05, 0.1) is 12.6 Å². The Labute approximate surface area is 175 Å². The number of Topliss-reactive ketones (excluding diaryl/α,β-unsaturated/α-hetero) is 1. The number of aromatic nitrogens is 4. The first-order valence-electron chi connectivity index (χ1n) is 9.67. The largest absolute Gasteiger partial charge is 0.497 e. The summed E-state index contributed by atoms with van der Waals surface area (Å²) in [4.78, 5) is 38.8. The van der Waals surface area contributed by atoms with Crippen molar-refractivity contribution < 1.29 is 9.53 Å². The van der Waals surface area contributed by atoms with Gasteiger partial charge < -0.3 is 4.74 Å². The summed E-state index contributed by atoms with van der Waals surface area (Å²) in [5.41, 5.74) is 0.342. The van der Waals surface area contributed by atoms with Crippen molar-refractivity contribution in [1.29, 1.82) is 0 Å². The first kappa shape index (κ1) is 20.1. The van der Waals surface area contributed by atoms with Gasteiger partial charge in [0, 0.05) is 12.1 Å². The van der Waals surface area contributed by atoms with E-state index >= 15 is 0 Å². The molecular weight excluding hydrogens is 404 g/mol. The third kappa shape index (κ3) is 3.45. The van der Waals surface area contributed by atoms with Crippen molar-refractivity contribution in [2.45, 2.75) is 33.4 Å². The predicted octanol–water partition coefficient (Wildman–Crippen LogP) is 2.81. The van der Waals surface area contributed by atoms with Gasteiger partial charge >= 0.3 is 5.69 Å². The monoisotopic (exact) mass is 426 g/mol. The summed E-state index contributed by atoms with van der Waals surface area (Å²) in [6.07, 6.45) is 0.774. The van der Waals surface area contributed by atoms with E-state index in [9.17, 15) is 14.4 Å². The standard InChI is InChI=1S/C21H22N4O4S/c1-13(2)7-9-23-19(27)18-16(8-10-30-18)25-20(23)22-24(21(25)28)12-17(26)14-5-4-6-15(11-14)29-3/h4-6,8,10-11,13H,7,9,12H2,1-3H3. The average Bonchev–Trinajstić information content (AvgIpc) is 3.33. The summed E-state index contributed by atoms with van der Waals surface area (Å²) >= 11 is 1.30. The van der Waals surface area contributed by atoms with E-state index in [0.29, 0.717) is 34.0 Å². The lowest BCUT2D eigenvalue weighted by atomic mass is 10.1. The van der Waals surface area contributed by atoms with Gasteiger partial charge in [-0.2, -0.15) is 0 Å². The van der Waals surface area contributed by atoms with Gasteiger partial charge in [0.1, 0.15) is 17.0 Å². The lowest BCUT2D eigenvalue weighted by molar-refractivity contribution is 0.0966. The van der Waals surface area contributed by atoms with Crippen molar-refractivity contribution in [3.63, 3.8) is 0 Å². The van der Waals surface area contributed by atoms with Crippen LogP contribution in [0.1, 0.15) is 30.6 Å². The zero-order valence-corrected chi connectivity index (χ0v) is 17.8. The molecule has 156 valence electrons. The summed E-state index contributed by atoms with van der Waals surface area (Å²) in [5.74, 6) is 0.942. The molecule has 0 saturated carbocycles. The van der Waals surface area contributed by atoms with E-state index in [0.717, 1.165) is 11.1 Å². The first-order valence-corrected chi connectivity index (χ1v) is 10.6. The summed E-state index contributed by atoms with van der Waals surface area (Å²) < 4.78 is 9.75. The fourth-order valence-electron chi connectivity index (χ4n) is 3.35. The molecule has 0 atom stereocenters. The maximum atomic E-state index is 13.1. The Morgan fingerprint density at radius 2 is 2.03 bits per heavy atom. The zero-order valence-electron chi connectivity index (χ0n) is 17.0. The van der Waals surface area contributed by atoms with Crippen molar-refractivity contribution in [2.75, 3.05) is 7.11 Å². The Hall–Kier alpha value is -3.20. The number of carbonyl (C=O) groups excluding carboxylic acids is 1. The van der Waals surface area contributed by atoms with Gasteiger partial charge in [0.25, 0.3) is 5.56 Å². The van der Waals surface area contributed by atoms with E-state index < -0.39 is 5.69 Å². The molecule has 0 fully saturated rings. The first-order chi connectivity index (χ1) is 14.4. The fourth-order valence-corrected chi connectivity index (χ4v) is 4.17. The van der Waals surface area contributed by atoms with E-state index in [-0.39, 0.29) is 23.7 Å². The Morgan fingerprint density at radius 1 is 1.23 bits per heavy atom. The smallest absolute Gasteiger partial charge is 0.352 e. The molecule has 4 rings (SSSR count). The molecule has 1 aromatic carbocycles. The van der Waals surface area contributed by atoms with Gasteiger partial charge in [-0.05, 0) is 35.9 Å². The number of ether oxygens (including phenoxy) is 1. The quantitative estimate of drug-likeness (QED) is 0.424. The van der Waals surface area contributed by atoms with Crippen LogP contribution in [-0.2, 0) is 13.1 Å². The van der Waals surface area contributed by atoms with E-state index in [1.807, 2.05) is 0 Å². The van der Waals surface area contributed by atoms with Gasteiger partial charge in [-0.25, -0.2) is 13.9 Å². The van der Waals surface area contributed by atoms with E-state index in [4.69, 9.17) is 4.74 Å². The third-order valence-electron chi connectivity index (χ3n) is 5.00. The Morgan fingerprint density at radius 3 is 2.77 bits per heavy atom. The summed E-state index contributed by atoms with van der Waals surface area (Å²) in [7, 11) is 1.53. The Kier molecular flexibility index (Phi) is 5.29. The molecule has 0 aliphatic heterocycles. The highest BCUT2D eigenvalue weighted by atomic mass is 32.1. The van der Waals surface area contributed by atoms with E-state index in [1.165, 1.54) is 27.4 Å². The normalized spacial score (nSPS) is 11.6. The molecule has 8 nitrogen and oxygen atoms in total. The van der Waals surface area contributed by atoms with E-state index in [2.05, 4.69) is 18.9 Å². The number of aryl methyl sites for hydroxylation is 1. The molecule has 3 aromatic heterocycles. The second-order valence-corrected chi connectivity index (χ2v) is 8.42. The number of thiophene rings is 1. The predicted molar refractivity (Wildman–Crippen MR) is 116 cm³/mol. The maximum absolute atomic E-state index is 13.1. The molecule has 0 aliphatic carbocycles. The minimum Gasteiger partial charge on any atom is -0.497 e. The molecular formula is C21H22N4O4S. The van der Waals surface area contributed by atoms with Gasteiger partial charge in [-0.15, -0.1) is 16.4 Å². The van der Waals surface area contributed by atoms with Crippen molar-refractivity contribution in [1.82, 2.24) is 18.7 Å². The number of methoxy groups -OCH3 is 1. The lowest BCUT2D eigenvalue weighted by Gasteiger charge is -2.09. The number of nitrogens with zero attached hydrogens (tertiary/aromatic N) is 4. The highest BCUT2D eigenvalue weighted by Gasteiger charge is 2.20. The molecule has 0 N–H and O–H groups in total. The highest BCUT2D eigenvalue weighted by Crippen LogP contribution is 2.18. The summed E-state index contributed by atoms with van der Waals surface area (Å²) in [5, 5.41) is 6.15. The molecule has 0 unspecified atom stereocenters. The molecule has 0 aliphatic rings. The van der Waals surface area contributed by atoms with Crippen LogP contribution in [0.3, 0.4) is 0 Å². The van der Waals surface area contributed by atoms with Crippen LogP contribution in [0.15, 0.2) is 45.3 Å². The average molecular weight is 426 g/mol. The number of ketones is 1. The fraction of sp³-hybridized carbons (Fsp3) is 0.333. The SMILES string of the molecule is COc1cccc(C(=O)Cn2nc3n(CCC(C)C)c(=O)c4sccc4n3c2=O)c1. The van der Waals surface area contributed by atoms with Crippen LogP contribution in [0.5, 0.6) is 5.75 Å². The number of hydrogen-bond donors (Lipinski definition) is 0. The molecule has 0 spiro atoms. The zero-order chi connectivity index (χ0) is 21.4. The van der Waals surface area contributed by atoms with Gasteiger partial charge in [-0.1, -0.05) is 26.0 Å². The third-order valence-corrected chi connectivity index (χ3v) is 5.90. The lowest BCUT2D eigenvalue weighted by Crippen LogP contribution is -2.27. The van der Waals surface area contributed by atoms with Crippen molar-refractivity contribution in [2.24, 2.45) is 5.92 Å². The molecule has 30 heavy (non-hydrogen) atoms. The highest BCUT2D eigenvalue weighted by molar-refractivity contribution is 7.17. The number of benzene rings is 1. The van der Waals surface area contributed by atoms with Crippen LogP contribution >= 0.6 is 11.3 Å². The van der Waals surface area contributed by atoms with E-state index in [1.54, 1.807) is 35.7 Å². The van der Waals surface area contributed by atoms with Crippen LogP contribution in [0, 0.1) is 5.92 Å². The Bertz CT molecular complexity index is 1360. The van der Waals surface area contributed by atoms with Crippen LogP contribution in [0.25, 0.3) is 16.0 Å². The van der Waals surface area contributed by atoms with Crippen LogP contribution in [-0.4, -0.2) is 31.6 Å². The molecule has 4 aromatic rings. The van der Waals surface area contributed by atoms with Crippen molar-refractivity contribution >= 4 is 33.1 Å². The molecule has 0 amide bonds. The number of carbonyl (C=O) groups is 1. The van der Waals surface area contributed by atoms with Gasteiger partial charge in [0.15, 0.2) is 5.78 Å². The van der Waals surface area contributed by atoms with Crippen LogP contribution in [0.2, 0.25) is 0 Å². The number of rotatable bonds is 7. The minimum atomic E-state index is -0.442. The molecule has 3 heterocycles. The van der Waals surface area contributed by atoms with Crippen molar-refractivity contribution in [3.05, 3.63) is 62.1 Å². The van der Waals surface area contributed by atoms with Crippen LogP contribution < -0.4 is 16.0 Å². The Balaban J connectivity index is 1.83. The second-order valence-electron chi connectivity index (χ2n) is 7.51. The maximum Gasteiger partial charge on any atom is 0.352 e. The number of fused-ring (bicyclic) bond motifs is 3. The molecule has 0 radical (unpaired) electrons.